The Morgan fingerprint density at radius 2 is 2.07 bits per heavy atom. The molecule has 2 heterocycles. The first-order chi connectivity index (χ1) is 13.3. The minimum atomic E-state index is -0.831. The SMILES string of the molecule is COC(CCOc1cc(C(C(=O)N2C[C@H](O)C[C@H]2C(N)=O)C(C)C)on1)OC. The number of methoxy groups -OCH3 is 2. The van der Waals surface area contributed by atoms with E-state index in [9.17, 15) is 14.7 Å². The van der Waals surface area contributed by atoms with Gasteiger partial charge in [-0.15, -0.1) is 0 Å². The Kier molecular flexibility index (Phi) is 7.78. The summed E-state index contributed by atoms with van der Waals surface area (Å²) in [6, 6.07) is 0.727. The quantitative estimate of drug-likeness (QED) is 0.534. The van der Waals surface area contributed by atoms with E-state index in [2.05, 4.69) is 5.16 Å². The molecular weight excluding hydrogens is 370 g/mol. The smallest absolute Gasteiger partial charge is 0.254 e. The van der Waals surface area contributed by atoms with E-state index >= 15 is 0 Å². The van der Waals surface area contributed by atoms with Crippen LogP contribution in [-0.4, -0.2) is 72.8 Å². The number of carbonyl (C=O) groups is 2. The number of rotatable bonds is 10. The summed E-state index contributed by atoms with van der Waals surface area (Å²) in [6.07, 6.45) is -0.536. The number of aliphatic hydroxyl groups excluding tert-OH is 1. The molecule has 0 saturated carbocycles. The molecule has 2 rings (SSSR count). The van der Waals surface area contributed by atoms with Crippen molar-refractivity contribution in [3.8, 4) is 5.88 Å². The molecular formula is C18H29N3O7. The number of nitrogens with zero attached hydrogens (tertiary/aromatic N) is 2. The van der Waals surface area contributed by atoms with E-state index < -0.39 is 24.0 Å². The van der Waals surface area contributed by atoms with Crippen molar-refractivity contribution >= 4 is 11.8 Å². The summed E-state index contributed by atoms with van der Waals surface area (Å²) in [5.41, 5.74) is 5.39. The number of carbonyl (C=O) groups excluding carboxylic acids is 2. The molecule has 1 saturated heterocycles. The van der Waals surface area contributed by atoms with Gasteiger partial charge in [0.1, 0.15) is 12.0 Å². The van der Waals surface area contributed by atoms with Crippen LogP contribution in [0, 0.1) is 5.92 Å². The molecule has 0 aliphatic carbocycles. The molecule has 1 aliphatic rings. The number of hydrogen-bond acceptors (Lipinski definition) is 8. The summed E-state index contributed by atoms with van der Waals surface area (Å²) in [5, 5.41) is 13.7. The van der Waals surface area contributed by atoms with Gasteiger partial charge >= 0.3 is 0 Å². The standard InChI is InChI=1S/C18H29N3O7/c1-10(2)16(18(24)21-9-11(22)7-12(21)17(19)23)13-8-14(20-28-13)27-6-5-15(25-3)26-4/h8,10-12,15-16,22H,5-7,9H2,1-4H3,(H2,19,23)/t11-,12+,16?/m1/s1. The molecule has 1 aliphatic heterocycles. The van der Waals surface area contributed by atoms with Gasteiger partial charge in [0, 0.05) is 39.7 Å². The molecule has 0 bridgehead atoms. The molecule has 28 heavy (non-hydrogen) atoms. The Morgan fingerprint density at radius 3 is 2.64 bits per heavy atom. The molecule has 3 atom stereocenters. The molecule has 158 valence electrons. The van der Waals surface area contributed by atoms with Crippen LogP contribution in [0.5, 0.6) is 5.88 Å². The Labute approximate surface area is 163 Å². The highest BCUT2D eigenvalue weighted by molar-refractivity contribution is 5.90. The van der Waals surface area contributed by atoms with Gasteiger partial charge in [0.2, 0.25) is 11.8 Å². The summed E-state index contributed by atoms with van der Waals surface area (Å²) < 4.78 is 21.0. The predicted octanol–water partition coefficient (Wildman–Crippen LogP) is 0.249. The van der Waals surface area contributed by atoms with Crippen molar-refractivity contribution in [2.45, 2.75) is 51.0 Å². The maximum Gasteiger partial charge on any atom is 0.254 e. The molecule has 1 unspecified atom stereocenters. The lowest BCUT2D eigenvalue weighted by molar-refractivity contribution is -0.139. The largest absolute Gasteiger partial charge is 0.475 e. The fourth-order valence-electron chi connectivity index (χ4n) is 3.32. The summed E-state index contributed by atoms with van der Waals surface area (Å²) in [5.74, 6) is -1.22. The van der Waals surface area contributed by atoms with Gasteiger partial charge in [0.25, 0.3) is 5.88 Å². The Balaban J connectivity index is 2.09. The highest BCUT2D eigenvalue weighted by Gasteiger charge is 2.42. The van der Waals surface area contributed by atoms with Gasteiger partial charge in [-0.05, 0) is 11.1 Å². The summed E-state index contributed by atoms with van der Waals surface area (Å²) in [7, 11) is 3.08. The van der Waals surface area contributed by atoms with E-state index in [1.165, 1.54) is 19.1 Å². The van der Waals surface area contributed by atoms with Gasteiger partial charge in [-0.1, -0.05) is 13.8 Å². The number of hydrogen-bond donors (Lipinski definition) is 2. The van der Waals surface area contributed by atoms with Crippen molar-refractivity contribution in [3.05, 3.63) is 11.8 Å². The average molecular weight is 399 g/mol. The molecule has 10 heteroatoms. The third kappa shape index (κ3) is 5.21. The second kappa shape index (κ2) is 9.85. The summed E-state index contributed by atoms with van der Waals surface area (Å²) in [6.45, 7) is 4.07. The Hall–Kier alpha value is -2.17. The van der Waals surface area contributed by atoms with E-state index in [0.717, 1.165) is 0 Å². The van der Waals surface area contributed by atoms with Crippen molar-refractivity contribution in [1.29, 1.82) is 0 Å². The van der Waals surface area contributed by atoms with Crippen LogP contribution in [0.4, 0.5) is 0 Å². The third-order valence-corrected chi connectivity index (χ3v) is 4.77. The second-order valence-electron chi connectivity index (χ2n) is 7.13. The second-order valence-corrected chi connectivity index (χ2v) is 7.13. The van der Waals surface area contributed by atoms with Crippen LogP contribution in [0.2, 0.25) is 0 Å². The van der Waals surface area contributed by atoms with Crippen LogP contribution in [-0.2, 0) is 19.1 Å². The number of aromatic nitrogens is 1. The van der Waals surface area contributed by atoms with Crippen molar-refractivity contribution in [3.63, 3.8) is 0 Å². The molecule has 0 radical (unpaired) electrons. The van der Waals surface area contributed by atoms with Gasteiger partial charge in [-0.2, -0.15) is 0 Å². The van der Waals surface area contributed by atoms with Gasteiger partial charge in [0.15, 0.2) is 12.1 Å². The third-order valence-electron chi connectivity index (χ3n) is 4.77. The number of likely N-dealkylation sites (tertiary alicyclic amines) is 1. The fourth-order valence-corrected chi connectivity index (χ4v) is 3.32. The highest BCUT2D eigenvalue weighted by atomic mass is 16.7. The average Bonchev–Trinajstić information content (AvgIpc) is 3.25. The highest BCUT2D eigenvalue weighted by Crippen LogP contribution is 2.32. The van der Waals surface area contributed by atoms with Crippen molar-refractivity contribution in [1.82, 2.24) is 10.1 Å². The lowest BCUT2D eigenvalue weighted by atomic mass is 9.91. The zero-order valence-electron chi connectivity index (χ0n) is 16.7. The first kappa shape index (κ1) is 22.1. The van der Waals surface area contributed by atoms with Gasteiger partial charge < -0.3 is 34.5 Å². The molecule has 0 spiro atoms. The van der Waals surface area contributed by atoms with Crippen LogP contribution >= 0.6 is 0 Å². The number of primary amides is 1. The molecule has 1 aromatic heterocycles. The Bertz CT molecular complexity index is 659. The lowest BCUT2D eigenvalue weighted by Crippen LogP contribution is -2.46. The van der Waals surface area contributed by atoms with E-state index in [1.807, 2.05) is 13.8 Å². The van der Waals surface area contributed by atoms with Crippen LogP contribution in [0.3, 0.4) is 0 Å². The van der Waals surface area contributed by atoms with Crippen LogP contribution in [0.15, 0.2) is 10.6 Å². The van der Waals surface area contributed by atoms with E-state index in [0.29, 0.717) is 18.8 Å². The zero-order chi connectivity index (χ0) is 20.8. The van der Waals surface area contributed by atoms with Crippen LogP contribution in [0.25, 0.3) is 0 Å². The minimum absolute atomic E-state index is 0.0581. The molecule has 10 nitrogen and oxygen atoms in total. The summed E-state index contributed by atoms with van der Waals surface area (Å²) in [4.78, 5) is 26.1. The van der Waals surface area contributed by atoms with Gasteiger partial charge in [-0.3, -0.25) is 9.59 Å². The first-order valence-electron chi connectivity index (χ1n) is 9.21. The monoisotopic (exact) mass is 399 g/mol. The Morgan fingerprint density at radius 1 is 1.39 bits per heavy atom. The van der Waals surface area contributed by atoms with Gasteiger partial charge in [-0.25, -0.2) is 0 Å². The van der Waals surface area contributed by atoms with E-state index in [-0.39, 0.29) is 37.0 Å². The lowest BCUT2D eigenvalue weighted by Gasteiger charge is -2.27. The predicted molar refractivity (Wildman–Crippen MR) is 97.3 cm³/mol. The molecule has 3 N–H and O–H groups in total. The molecule has 1 aromatic rings. The molecule has 1 fully saturated rings. The molecule has 2 amide bonds. The maximum absolute atomic E-state index is 13.1. The van der Waals surface area contributed by atoms with E-state index in [4.69, 9.17) is 24.5 Å². The normalized spacial score (nSPS) is 20.8. The number of amides is 2. The molecule has 0 aromatic carbocycles. The fraction of sp³-hybridized carbons (Fsp3) is 0.722. The maximum atomic E-state index is 13.1. The number of β-amino-alcohol motifs (C(OH)–C–C–N with tert-alkyl or cyclic N) is 1. The zero-order valence-corrected chi connectivity index (χ0v) is 16.7. The van der Waals surface area contributed by atoms with E-state index in [1.54, 1.807) is 6.07 Å². The van der Waals surface area contributed by atoms with Crippen molar-refractivity contribution in [2.24, 2.45) is 11.7 Å². The summed E-state index contributed by atoms with van der Waals surface area (Å²) >= 11 is 0. The van der Waals surface area contributed by atoms with Gasteiger partial charge in [0.05, 0.1) is 12.7 Å². The van der Waals surface area contributed by atoms with Crippen LogP contribution < -0.4 is 10.5 Å². The van der Waals surface area contributed by atoms with Crippen molar-refractivity contribution < 1.29 is 33.4 Å². The number of ether oxygens (including phenoxy) is 3. The van der Waals surface area contributed by atoms with Crippen LogP contribution in [0.1, 0.15) is 38.4 Å². The topological polar surface area (TPSA) is 137 Å². The minimum Gasteiger partial charge on any atom is -0.475 e. The number of nitrogens with two attached hydrogens (primary N) is 1. The number of aliphatic hydroxyl groups is 1. The van der Waals surface area contributed by atoms with Crippen molar-refractivity contribution in [2.75, 3.05) is 27.4 Å². The first-order valence-corrected chi connectivity index (χ1v) is 9.21.